The summed E-state index contributed by atoms with van der Waals surface area (Å²) in [5.74, 6) is 0. The number of hydrogen-bond donors (Lipinski definition) is 0. The van der Waals surface area contributed by atoms with E-state index in [2.05, 4.69) is 15.0 Å². The largest absolute Gasteiger partial charge is 3.00 e. The molecule has 0 N–H and O–H groups in total. The van der Waals surface area contributed by atoms with Crippen molar-refractivity contribution in [2.24, 2.45) is 0 Å². The molecule has 0 bridgehead atoms. The summed E-state index contributed by atoms with van der Waals surface area (Å²) >= 11 is 0. The van der Waals surface area contributed by atoms with Crippen molar-refractivity contribution < 1.29 is 31.7 Å². The molecular weight excluding hydrogens is 400 g/mol. The van der Waals surface area contributed by atoms with Crippen molar-refractivity contribution in [3.05, 3.63) is 108 Å². The molecule has 1 radical (unpaired) electrons. The molecule has 0 saturated carbocycles. The van der Waals surface area contributed by atoms with E-state index < -0.39 is 0 Å². The Morgan fingerprint density at radius 2 is 0.571 bits per heavy atom. The second-order valence-electron chi connectivity index (χ2n) is 3.35. The molecule has 0 saturated heterocycles. The van der Waals surface area contributed by atoms with Gasteiger partial charge in [-0.25, -0.2) is 0 Å². The van der Waals surface area contributed by atoms with Gasteiger partial charge in [0, 0.05) is 37.2 Å². The smallest absolute Gasteiger partial charge is 0.724 e. The van der Waals surface area contributed by atoms with Crippen molar-refractivity contribution in [1.29, 1.82) is 0 Å². The standard InChI is InChI=1S/3C5H5N.3CNO.Cr/c3*1-2-4-6-5-3-1;3*2-1-3;/h3*1-5H;;;;/q;;;3*-1;+3. The Morgan fingerprint density at radius 3 is 0.607 bits per heavy atom. The van der Waals surface area contributed by atoms with Crippen LogP contribution in [-0.4, -0.2) is 33.2 Å². The summed E-state index contributed by atoms with van der Waals surface area (Å²) in [5.41, 5.74) is 0. The Morgan fingerprint density at radius 1 is 0.429 bits per heavy atom. The van der Waals surface area contributed by atoms with E-state index in [4.69, 9.17) is 30.6 Å². The summed E-state index contributed by atoms with van der Waals surface area (Å²) in [4.78, 5) is 36.1. The summed E-state index contributed by atoms with van der Waals surface area (Å²) in [7, 11) is 0. The Kier molecular flexibility index (Phi) is 43.9. The number of rotatable bonds is 0. The van der Waals surface area contributed by atoms with E-state index in [0.717, 1.165) is 0 Å². The summed E-state index contributed by atoms with van der Waals surface area (Å²) in [6.07, 6.45) is 12.0. The first-order valence-corrected chi connectivity index (χ1v) is 6.83. The van der Waals surface area contributed by atoms with Crippen molar-refractivity contribution in [3.8, 4) is 0 Å². The van der Waals surface area contributed by atoms with E-state index in [0.29, 0.717) is 18.2 Å². The molecule has 0 amide bonds. The normalized spacial score (nSPS) is 6.00. The van der Waals surface area contributed by atoms with E-state index in [1.807, 2.05) is 54.6 Å². The Bertz CT molecular complexity index is 533. The summed E-state index contributed by atoms with van der Waals surface area (Å²) < 4.78 is 0. The van der Waals surface area contributed by atoms with E-state index in [9.17, 15) is 0 Å². The van der Waals surface area contributed by atoms with Gasteiger partial charge >= 0.3 is 17.4 Å². The fourth-order valence-electron chi connectivity index (χ4n) is 0.938. The zero-order valence-corrected chi connectivity index (χ0v) is 15.8. The second kappa shape index (κ2) is 38.6. The van der Waals surface area contributed by atoms with Crippen LogP contribution < -0.4 is 0 Å². The van der Waals surface area contributed by atoms with Gasteiger partial charge in [0.1, 0.15) is 0 Å². The van der Waals surface area contributed by atoms with Crippen molar-refractivity contribution in [2.75, 3.05) is 0 Å². The number of aromatic nitrogens is 3. The van der Waals surface area contributed by atoms with Crippen molar-refractivity contribution in [1.82, 2.24) is 15.0 Å². The zero-order valence-electron chi connectivity index (χ0n) is 14.5. The molecule has 28 heavy (non-hydrogen) atoms. The first kappa shape index (κ1) is 31.9. The topological polar surface area (TPSA) is 157 Å². The molecule has 0 aliphatic carbocycles. The average molecular weight is 415 g/mol. The molecule has 0 spiro atoms. The molecule has 10 heteroatoms. The van der Waals surface area contributed by atoms with Crippen LogP contribution >= 0.6 is 0 Å². The molecule has 3 aromatic heterocycles. The molecule has 0 unspecified atom stereocenters. The Balaban J connectivity index is -0.000000127. The third kappa shape index (κ3) is 49.5. The maximum Gasteiger partial charge on any atom is 3.00 e. The van der Waals surface area contributed by atoms with Crippen LogP contribution in [0.15, 0.2) is 91.8 Å². The molecule has 0 aliphatic rings. The minimum Gasteiger partial charge on any atom is -0.724 e. The maximum atomic E-state index is 8.24. The average Bonchev–Trinajstić information content (AvgIpc) is 2.75. The van der Waals surface area contributed by atoms with Crippen LogP contribution in [0.3, 0.4) is 0 Å². The number of nitrogens with zero attached hydrogens (tertiary/aromatic N) is 6. The molecule has 0 aliphatic heterocycles. The van der Waals surface area contributed by atoms with Gasteiger partial charge in [-0.3, -0.25) is 29.3 Å². The number of isocyanates is 3. The Labute approximate surface area is 173 Å². The first-order valence-electron chi connectivity index (χ1n) is 6.83. The minimum atomic E-state index is 0. The van der Waals surface area contributed by atoms with Gasteiger partial charge in [0.15, 0.2) is 0 Å². The van der Waals surface area contributed by atoms with Crippen LogP contribution in [0.5, 0.6) is 0 Å². The van der Waals surface area contributed by atoms with Gasteiger partial charge in [-0.1, -0.05) is 18.2 Å². The predicted molar refractivity (Wildman–Crippen MR) is 99.9 cm³/mol. The van der Waals surface area contributed by atoms with Gasteiger partial charge < -0.3 is 16.2 Å². The van der Waals surface area contributed by atoms with Crippen LogP contribution in [0, 0.1) is 0 Å². The Hall–Kier alpha value is -3.88. The van der Waals surface area contributed by atoms with Gasteiger partial charge in [-0.05, 0) is 54.6 Å². The monoisotopic (exact) mass is 415 g/mol. The van der Waals surface area contributed by atoms with Crippen molar-refractivity contribution in [3.63, 3.8) is 0 Å². The van der Waals surface area contributed by atoms with Crippen LogP contribution in [0.4, 0.5) is 0 Å². The van der Waals surface area contributed by atoms with E-state index in [-0.39, 0.29) is 17.4 Å². The van der Waals surface area contributed by atoms with Gasteiger partial charge in [0.2, 0.25) is 0 Å². The second-order valence-corrected chi connectivity index (χ2v) is 3.35. The summed E-state index contributed by atoms with van der Waals surface area (Å²) in [5, 5.41) is 20.3. The summed E-state index contributed by atoms with van der Waals surface area (Å²) in [6.45, 7) is 0. The molecular formula is C18H15CrN6O3. The molecule has 0 aromatic carbocycles. The number of hydrogen-bond acceptors (Lipinski definition) is 6. The van der Waals surface area contributed by atoms with Crippen LogP contribution in [0.1, 0.15) is 0 Å². The SMILES string of the molecule is [Cr+3].[N-]=C=O.[N-]=C=O.[N-]=C=O.c1ccncc1.c1ccncc1.c1ccncc1. The molecule has 0 atom stereocenters. The zero-order chi connectivity index (χ0) is 20.8. The first-order chi connectivity index (χ1) is 13.2. The third-order valence-corrected chi connectivity index (χ3v) is 1.70. The van der Waals surface area contributed by atoms with E-state index in [1.54, 1.807) is 37.2 Å². The van der Waals surface area contributed by atoms with Crippen molar-refractivity contribution in [2.45, 2.75) is 0 Å². The molecule has 0 fully saturated rings. The van der Waals surface area contributed by atoms with Crippen molar-refractivity contribution >= 4 is 18.2 Å². The molecule has 141 valence electrons. The van der Waals surface area contributed by atoms with Gasteiger partial charge in [0.25, 0.3) is 0 Å². The van der Waals surface area contributed by atoms with Crippen LogP contribution in [0.25, 0.3) is 16.2 Å². The third-order valence-electron chi connectivity index (χ3n) is 1.70. The molecule has 9 nitrogen and oxygen atoms in total. The molecule has 3 heterocycles. The van der Waals surface area contributed by atoms with Crippen LogP contribution in [-0.2, 0) is 31.7 Å². The predicted octanol–water partition coefficient (Wildman–Crippen LogP) is 2.92. The van der Waals surface area contributed by atoms with E-state index >= 15 is 0 Å². The fourth-order valence-corrected chi connectivity index (χ4v) is 0.938. The number of pyridine rings is 3. The minimum absolute atomic E-state index is 0. The maximum absolute atomic E-state index is 8.24. The quantitative estimate of drug-likeness (QED) is 0.406. The van der Waals surface area contributed by atoms with Gasteiger partial charge in [-0.15, -0.1) is 0 Å². The van der Waals surface area contributed by atoms with E-state index in [1.165, 1.54) is 0 Å². The molecule has 3 rings (SSSR count). The summed E-state index contributed by atoms with van der Waals surface area (Å²) in [6, 6.07) is 17.1. The van der Waals surface area contributed by atoms with Crippen LogP contribution in [0.2, 0.25) is 0 Å². The van der Waals surface area contributed by atoms with Gasteiger partial charge in [-0.2, -0.15) is 0 Å². The molecule has 3 aromatic rings. The van der Waals surface area contributed by atoms with Gasteiger partial charge in [0.05, 0.1) is 0 Å². The fraction of sp³-hybridized carbons (Fsp3) is 0. The number of carbonyl (C=O) groups excluding carboxylic acids is 3.